The van der Waals surface area contributed by atoms with Crippen LogP contribution >= 0.6 is 11.8 Å². The highest BCUT2D eigenvalue weighted by Gasteiger charge is 2.19. The van der Waals surface area contributed by atoms with E-state index in [-0.39, 0.29) is 0 Å². The summed E-state index contributed by atoms with van der Waals surface area (Å²) in [5.74, 6) is 1.86. The van der Waals surface area contributed by atoms with E-state index < -0.39 is 0 Å². The van der Waals surface area contributed by atoms with E-state index in [4.69, 9.17) is 4.99 Å². The number of aryl methyl sites for hydroxylation is 2. The molecule has 2 nitrogen and oxygen atoms in total. The summed E-state index contributed by atoms with van der Waals surface area (Å²) < 4.78 is 0. The van der Waals surface area contributed by atoms with E-state index in [2.05, 4.69) is 37.4 Å². The molecule has 1 unspecified atom stereocenters. The van der Waals surface area contributed by atoms with Gasteiger partial charge in [0.25, 0.3) is 0 Å². The average molecular weight is 274 g/mol. The van der Waals surface area contributed by atoms with E-state index in [1.807, 2.05) is 11.8 Å². The Labute approximate surface area is 120 Å². The molecule has 1 atom stereocenters. The van der Waals surface area contributed by atoms with E-state index in [1.165, 1.54) is 42.5 Å². The maximum absolute atomic E-state index is 4.79. The molecule has 0 aromatic heterocycles. The molecule has 1 aliphatic heterocycles. The first-order valence-corrected chi connectivity index (χ1v) is 8.28. The molecule has 1 N–H and O–H groups in total. The summed E-state index contributed by atoms with van der Waals surface area (Å²) in [6.45, 7) is 4.54. The van der Waals surface area contributed by atoms with Gasteiger partial charge in [-0.2, -0.15) is 0 Å². The molecule has 2 aliphatic rings. The Morgan fingerprint density at radius 3 is 3.00 bits per heavy atom. The van der Waals surface area contributed by atoms with Gasteiger partial charge in [-0.3, -0.25) is 4.99 Å². The molecule has 0 radical (unpaired) electrons. The third-order valence-electron chi connectivity index (χ3n) is 3.81. The number of thioether (sulfide) groups is 1. The van der Waals surface area contributed by atoms with E-state index in [0.29, 0.717) is 6.04 Å². The molecular formula is C16H22N2S. The number of hydrogen-bond acceptors (Lipinski definition) is 3. The fourth-order valence-corrected chi connectivity index (χ4v) is 3.90. The number of aliphatic imine (C=N–C) groups is 1. The molecule has 1 heterocycles. The normalized spacial score (nSPS) is 21.6. The van der Waals surface area contributed by atoms with Gasteiger partial charge in [0, 0.05) is 11.4 Å². The summed E-state index contributed by atoms with van der Waals surface area (Å²) in [5, 5.41) is 4.59. The fraction of sp³-hybridized carbons (Fsp3) is 0.562. The Morgan fingerprint density at radius 1 is 1.32 bits per heavy atom. The number of fused-ring (bicyclic) bond motifs is 1. The summed E-state index contributed by atoms with van der Waals surface area (Å²) in [4.78, 5) is 4.79. The van der Waals surface area contributed by atoms with Crippen molar-refractivity contribution in [2.75, 3.05) is 11.1 Å². The summed E-state index contributed by atoms with van der Waals surface area (Å²) in [5.41, 5.74) is 4.26. The van der Waals surface area contributed by atoms with Gasteiger partial charge in [-0.15, -0.1) is 0 Å². The summed E-state index contributed by atoms with van der Waals surface area (Å²) in [6, 6.07) is 7.28. The van der Waals surface area contributed by atoms with Crippen molar-refractivity contribution in [1.82, 2.24) is 0 Å². The number of nitrogens with zero attached hydrogens (tertiary/aromatic N) is 1. The Kier molecular flexibility index (Phi) is 3.83. The lowest BCUT2D eigenvalue weighted by molar-refractivity contribution is 0.529. The molecule has 0 amide bonds. The minimum atomic E-state index is 0.502. The van der Waals surface area contributed by atoms with Gasteiger partial charge in [-0.1, -0.05) is 31.7 Å². The number of amidine groups is 1. The Bertz CT molecular complexity index is 494. The van der Waals surface area contributed by atoms with Crippen molar-refractivity contribution in [1.29, 1.82) is 0 Å². The molecule has 3 heteroatoms. The Hall–Kier alpha value is -0.960. The van der Waals surface area contributed by atoms with Crippen LogP contribution in [0.1, 0.15) is 37.8 Å². The molecule has 0 saturated carbocycles. The van der Waals surface area contributed by atoms with Crippen LogP contribution in [-0.2, 0) is 12.8 Å². The molecule has 1 aromatic rings. The van der Waals surface area contributed by atoms with E-state index in [9.17, 15) is 0 Å². The van der Waals surface area contributed by atoms with Crippen LogP contribution in [0, 0.1) is 5.92 Å². The van der Waals surface area contributed by atoms with Gasteiger partial charge in [-0.05, 0) is 54.9 Å². The minimum absolute atomic E-state index is 0.502. The lowest BCUT2D eigenvalue weighted by Gasteiger charge is -2.08. The average Bonchev–Trinajstić information content (AvgIpc) is 2.97. The topological polar surface area (TPSA) is 24.4 Å². The van der Waals surface area contributed by atoms with Crippen LogP contribution in [0.25, 0.3) is 0 Å². The van der Waals surface area contributed by atoms with E-state index >= 15 is 0 Å². The molecule has 1 aromatic carbocycles. The summed E-state index contributed by atoms with van der Waals surface area (Å²) in [7, 11) is 0. The number of nitrogens with one attached hydrogen (secondary N) is 1. The molecule has 0 fully saturated rings. The van der Waals surface area contributed by atoms with E-state index in [1.54, 1.807) is 0 Å². The van der Waals surface area contributed by atoms with Gasteiger partial charge < -0.3 is 5.32 Å². The van der Waals surface area contributed by atoms with Gasteiger partial charge >= 0.3 is 0 Å². The highest BCUT2D eigenvalue weighted by molar-refractivity contribution is 8.14. The third-order valence-corrected chi connectivity index (χ3v) is 4.84. The first-order chi connectivity index (χ1) is 9.20. The summed E-state index contributed by atoms with van der Waals surface area (Å²) >= 11 is 1.86. The Morgan fingerprint density at radius 2 is 2.16 bits per heavy atom. The van der Waals surface area contributed by atoms with Gasteiger partial charge in [0.1, 0.15) is 0 Å². The second-order valence-corrected chi connectivity index (χ2v) is 7.00. The monoisotopic (exact) mass is 274 g/mol. The highest BCUT2D eigenvalue weighted by Crippen LogP contribution is 2.27. The molecule has 3 rings (SSSR count). The molecular weight excluding hydrogens is 252 g/mol. The zero-order chi connectivity index (χ0) is 13.2. The van der Waals surface area contributed by atoms with Gasteiger partial charge in [-0.25, -0.2) is 0 Å². The second-order valence-electron chi connectivity index (χ2n) is 5.99. The lowest BCUT2D eigenvalue weighted by atomic mass is 10.1. The van der Waals surface area contributed by atoms with Crippen molar-refractivity contribution in [2.45, 2.75) is 45.6 Å². The van der Waals surface area contributed by atoms with Crippen molar-refractivity contribution in [3.8, 4) is 0 Å². The first-order valence-electron chi connectivity index (χ1n) is 7.30. The molecule has 19 heavy (non-hydrogen) atoms. The first kappa shape index (κ1) is 13.0. The zero-order valence-electron chi connectivity index (χ0n) is 11.8. The predicted octanol–water partition coefficient (Wildman–Crippen LogP) is 4.10. The number of rotatable bonds is 3. The van der Waals surface area contributed by atoms with Crippen LogP contribution in [0.2, 0.25) is 0 Å². The van der Waals surface area contributed by atoms with Crippen LogP contribution in [0.5, 0.6) is 0 Å². The van der Waals surface area contributed by atoms with Gasteiger partial charge in [0.05, 0.1) is 6.04 Å². The van der Waals surface area contributed by atoms with Crippen molar-refractivity contribution >= 4 is 22.6 Å². The van der Waals surface area contributed by atoms with Crippen molar-refractivity contribution in [3.63, 3.8) is 0 Å². The number of benzene rings is 1. The maximum Gasteiger partial charge on any atom is 0.161 e. The van der Waals surface area contributed by atoms with Crippen LogP contribution in [0.4, 0.5) is 5.69 Å². The van der Waals surface area contributed by atoms with Gasteiger partial charge in [0.15, 0.2) is 5.17 Å². The zero-order valence-corrected chi connectivity index (χ0v) is 12.6. The van der Waals surface area contributed by atoms with Crippen molar-refractivity contribution in [2.24, 2.45) is 10.9 Å². The van der Waals surface area contributed by atoms with Crippen molar-refractivity contribution in [3.05, 3.63) is 29.3 Å². The molecule has 0 spiro atoms. The SMILES string of the molecule is CC(C)CC1CSC(Nc2ccc3c(c2)CCC3)=N1. The van der Waals surface area contributed by atoms with Crippen LogP contribution < -0.4 is 5.32 Å². The van der Waals surface area contributed by atoms with Crippen LogP contribution in [0.3, 0.4) is 0 Å². The molecule has 0 bridgehead atoms. The maximum atomic E-state index is 4.79. The van der Waals surface area contributed by atoms with Crippen LogP contribution in [-0.4, -0.2) is 17.0 Å². The smallest absolute Gasteiger partial charge is 0.161 e. The fourth-order valence-electron chi connectivity index (χ4n) is 2.92. The number of anilines is 1. The van der Waals surface area contributed by atoms with E-state index in [0.717, 1.165) is 16.8 Å². The van der Waals surface area contributed by atoms with Gasteiger partial charge in [0.2, 0.25) is 0 Å². The van der Waals surface area contributed by atoms with Crippen LogP contribution in [0.15, 0.2) is 23.2 Å². The standard InChI is InChI=1S/C16H22N2S/c1-11(2)8-15-10-19-16(18-15)17-14-7-6-12-4-3-5-13(12)9-14/h6-7,9,11,15H,3-5,8,10H2,1-2H3,(H,17,18). The largest absolute Gasteiger partial charge is 0.335 e. The van der Waals surface area contributed by atoms with Crippen molar-refractivity contribution < 1.29 is 0 Å². The molecule has 1 aliphatic carbocycles. The Balaban J connectivity index is 1.65. The lowest BCUT2D eigenvalue weighted by Crippen LogP contribution is -2.08. The number of hydrogen-bond donors (Lipinski definition) is 1. The third kappa shape index (κ3) is 3.14. The minimum Gasteiger partial charge on any atom is -0.335 e. The second kappa shape index (κ2) is 5.58. The molecule has 102 valence electrons. The highest BCUT2D eigenvalue weighted by atomic mass is 32.2. The predicted molar refractivity (Wildman–Crippen MR) is 85.2 cm³/mol. The quantitative estimate of drug-likeness (QED) is 0.897. The summed E-state index contributed by atoms with van der Waals surface area (Å²) in [6.07, 6.45) is 5.00. The molecule has 0 saturated heterocycles.